The van der Waals surface area contributed by atoms with Crippen molar-refractivity contribution < 1.29 is 0 Å². The Kier molecular flexibility index (Phi) is 3.95. The largest absolute Gasteiger partial charge is 0.361 e. The highest BCUT2D eigenvalue weighted by molar-refractivity contribution is 7.19. The van der Waals surface area contributed by atoms with Crippen LogP contribution in [0.5, 0.6) is 0 Å². The summed E-state index contributed by atoms with van der Waals surface area (Å²) < 4.78 is 0.962. The average molecular weight is 325 g/mol. The molecule has 0 radical (unpaired) electrons. The Morgan fingerprint density at radius 3 is 2.95 bits per heavy atom. The highest BCUT2D eigenvalue weighted by Gasteiger charge is 2.15. The lowest BCUT2D eigenvalue weighted by Crippen LogP contribution is -2.04. The minimum atomic E-state index is 0.207. The van der Waals surface area contributed by atoms with Crippen molar-refractivity contribution in [3.63, 3.8) is 0 Å². The van der Waals surface area contributed by atoms with Crippen molar-refractivity contribution >= 4 is 39.0 Å². The predicted octanol–water partition coefficient (Wildman–Crippen LogP) is 1.28. The van der Waals surface area contributed by atoms with Gasteiger partial charge in [0.1, 0.15) is 5.82 Å². The fourth-order valence-electron chi connectivity index (χ4n) is 2.02. The van der Waals surface area contributed by atoms with E-state index in [1.807, 2.05) is 6.92 Å². The summed E-state index contributed by atoms with van der Waals surface area (Å²) in [7, 11) is 0. The Morgan fingerprint density at radius 1 is 1.38 bits per heavy atom. The van der Waals surface area contributed by atoms with Crippen LogP contribution in [0.2, 0.25) is 5.28 Å². The molecule has 0 saturated heterocycles. The van der Waals surface area contributed by atoms with Gasteiger partial charge in [-0.1, -0.05) is 5.21 Å². The van der Waals surface area contributed by atoms with E-state index in [0.29, 0.717) is 24.7 Å². The molecule has 0 aliphatic carbocycles. The molecular formula is C11H13ClN8S. The molecule has 3 aromatic heterocycles. The van der Waals surface area contributed by atoms with Crippen molar-refractivity contribution in [3.8, 4) is 0 Å². The first-order valence-corrected chi connectivity index (χ1v) is 7.50. The topological polar surface area (TPSA) is 118 Å². The lowest BCUT2D eigenvalue weighted by atomic mass is 10.2. The van der Waals surface area contributed by atoms with Crippen LogP contribution in [0.15, 0.2) is 0 Å². The predicted molar refractivity (Wildman–Crippen MR) is 81.4 cm³/mol. The molecule has 0 aromatic carbocycles. The minimum Gasteiger partial charge on any atom is -0.361 e. The second-order valence-electron chi connectivity index (χ2n) is 4.39. The molecule has 0 bridgehead atoms. The summed E-state index contributed by atoms with van der Waals surface area (Å²) in [6.07, 6.45) is 0.814. The van der Waals surface area contributed by atoms with E-state index in [-0.39, 0.29) is 5.28 Å². The second kappa shape index (κ2) is 5.88. The minimum absolute atomic E-state index is 0.207. The number of hydrogen-bond donors (Lipinski definition) is 3. The zero-order valence-corrected chi connectivity index (χ0v) is 12.8. The number of nitrogens with zero attached hydrogens (tertiary/aromatic N) is 5. The van der Waals surface area contributed by atoms with Crippen LogP contribution in [0.25, 0.3) is 10.2 Å². The van der Waals surface area contributed by atoms with Crippen LogP contribution in [0.4, 0.5) is 5.82 Å². The van der Waals surface area contributed by atoms with Gasteiger partial charge in [0.2, 0.25) is 5.28 Å². The molecule has 0 unspecified atom stereocenters. The number of rotatable bonds is 5. The lowest BCUT2D eigenvalue weighted by Gasteiger charge is -2.04. The highest BCUT2D eigenvalue weighted by atomic mass is 35.5. The molecule has 0 saturated carbocycles. The number of nitrogens with one attached hydrogen (secondary N) is 2. The van der Waals surface area contributed by atoms with E-state index < -0.39 is 0 Å². The second-order valence-corrected chi connectivity index (χ2v) is 5.83. The van der Waals surface area contributed by atoms with Crippen LogP contribution in [0, 0.1) is 6.92 Å². The van der Waals surface area contributed by atoms with Crippen molar-refractivity contribution in [3.05, 3.63) is 21.5 Å². The van der Waals surface area contributed by atoms with E-state index in [4.69, 9.17) is 17.3 Å². The maximum absolute atomic E-state index is 6.01. The van der Waals surface area contributed by atoms with E-state index in [1.165, 1.54) is 4.88 Å². The number of hydrogen-bond acceptors (Lipinski definition) is 8. The van der Waals surface area contributed by atoms with Gasteiger partial charge in [0, 0.05) is 4.88 Å². The summed E-state index contributed by atoms with van der Waals surface area (Å²) in [5.41, 5.74) is 7.61. The van der Waals surface area contributed by atoms with Crippen molar-refractivity contribution in [2.24, 2.45) is 5.73 Å². The summed E-state index contributed by atoms with van der Waals surface area (Å²) in [5, 5.41) is 17.1. The third-order valence-corrected chi connectivity index (χ3v) is 4.53. The molecule has 0 aliphatic rings. The number of H-pyrrole nitrogens is 1. The quantitative estimate of drug-likeness (QED) is 0.605. The first-order chi connectivity index (χ1) is 10.2. The van der Waals surface area contributed by atoms with Gasteiger partial charge in [-0.2, -0.15) is 10.2 Å². The Balaban J connectivity index is 1.98. The number of anilines is 1. The number of aromatic amines is 1. The van der Waals surface area contributed by atoms with Gasteiger partial charge in [0.05, 0.1) is 16.8 Å². The Hall–Kier alpha value is -1.84. The fourth-order valence-corrected chi connectivity index (χ4v) is 3.41. The molecule has 0 spiro atoms. The molecule has 4 N–H and O–H groups in total. The molecule has 8 nitrogen and oxygen atoms in total. The molecule has 3 aromatic rings. The number of aryl methyl sites for hydroxylation is 1. The molecule has 110 valence electrons. The first kappa shape index (κ1) is 14.1. The highest BCUT2D eigenvalue weighted by Crippen LogP contribution is 2.34. The van der Waals surface area contributed by atoms with Crippen molar-refractivity contribution in [1.29, 1.82) is 0 Å². The van der Waals surface area contributed by atoms with Gasteiger partial charge in [0.15, 0.2) is 5.82 Å². The van der Waals surface area contributed by atoms with E-state index in [9.17, 15) is 0 Å². The van der Waals surface area contributed by atoms with Crippen LogP contribution < -0.4 is 11.1 Å². The molecule has 21 heavy (non-hydrogen) atoms. The number of halogens is 1. The number of thiophene rings is 1. The molecule has 3 heterocycles. The molecule has 0 aliphatic heterocycles. The number of tetrazole rings is 1. The monoisotopic (exact) mass is 324 g/mol. The number of fused-ring (bicyclic) bond motifs is 1. The molecule has 3 rings (SSSR count). The third kappa shape index (κ3) is 2.80. The first-order valence-electron chi connectivity index (χ1n) is 6.30. The average Bonchev–Trinajstić information content (AvgIpc) is 3.07. The van der Waals surface area contributed by atoms with Crippen LogP contribution in [-0.4, -0.2) is 37.1 Å². The van der Waals surface area contributed by atoms with Gasteiger partial charge in [-0.25, -0.2) is 4.98 Å². The zero-order chi connectivity index (χ0) is 14.8. The van der Waals surface area contributed by atoms with Gasteiger partial charge in [-0.05, 0) is 37.1 Å². The Morgan fingerprint density at radius 2 is 2.24 bits per heavy atom. The van der Waals surface area contributed by atoms with Gasteiger partial charge in [-0.15, -0.1) is 21.5 Å². The standard InChI is InChI=1S/C11H13ClN8S/c1-5-6(2-3-13)21-9-8(5)15-11(12)16-10(9)14-4-7-17-19-20-18-7/h2-4,13H2,1H3,(H,14,15,16)(H,17,18,19,20). The van der Waals surface area contributed by atoms with E-state index in [2.05, 4.69) is 35.9 Å². The van der Waals surface area contributed by atoms with E-state index >= 15 is 0 Å². The van der Waals surface area contributed by atoms with Gasteiger partial charge in [0.25, 0.3) is 0 Å². The summed E-state index contributed by atoms with van der Waals surface area (Å²) in [6, 6.07) is 0. The normalized spacial score (nSPS) is 11.2. The van der Waals surface area contributed by atoms with Gasteiger partial charge in [-0.3, -0.25) is 0 Å². The van der Waals surface area contributed by atoms with E-state index in [0.717, 1.165) is 22.2 Å². The Labute approximate surface area is 129 Å². The Bertz CT molecular complexity index is 753. The maximum atomic E-state index is 6.01. The van der Waals surface area contributed by atoms with Crippen molar-refractivity contribution in [2.45, 2.75) is 19.9 Å². The molecule has 0 fully saturated rings. The fraction of sp³-hybridized carbons (Fsp3) is 0.364. The van der Waals surface area contributed by atoms with Crippen LogP contribution in [0.1, 0.15) is 16.3 Å². The van der Waals surface area contributed by atoms with Crippen LogP contribution in [0.3, 0.4) is 0 Å². The van der Waals surface area contributed by atoms with E-state index in [1.54, 1.807) is 11.3 Å². The lowest BCUT2D eigenvalue weighted by molar-refractivity contribution is 0.881. The van der Waals surface area contributed by atoms with Gasteiger partial charge < -0.3 is 11.1 Å². The van der Waals surface area contributed by atoms with Gasteiger partial charge >= 0.3 is 0 Å². The van der Waals surface area contributed by atoms with Crippen LogP contribution >= 0.6 is 22.9 Å². The SMILES string of the molecule is Cc1c(CCN)sc2c(NCc3nn[nH]n3)nc(Cl)nc12. The summed E-state index contributed by atoms with van der Waals surface area (Å²) in [5.74, 6) is 1.22. The summed E-state index contributed by atoms with van der Waals surface area (Å²) in [6.45, 7) is 3.03. The van der Waals surface area contributed by atoms with Crippen LogP contribution in [-0.2, 0) is 13.0 Å². The zero-order valence-electron chi connectivity index (χ0n) is 11.2. The maximum Gasteiger partial charge on any atom is 0.224 e. The summed E-state index contributed by atoms with van der Waals surface area (Å²) >= 11 is 7.64. The smallest absolute Gasteiger partial charge is 0.224 e. The molecule has 0 atom stereocenters. The molecule has 10 heteroatoms. The van der Waals surface area contributed by atoms with Crippen molar-refractivity contribution in [1.82, 2.24) is 30.6 Å². The summed E-state index contributed by atoms with van der Waals surface area (Å²) in [4.78, 5) is 9.77. The molecule has 0 amide bonds. The van der Waals surface area contributed by atoms with Crippen molar-refractivity contribution in [2.75, 3.05) is 11.9 Å². The number of nitrogens with two attached hydrogens (primary N) is 1. The number of aromatic nitrogens is 6. The third-order valence-electron chi connectivity index (χ3n) is 3.01. The molecular weight excluding hydrogens is 312 g/mol.